The third-order valence-corrected chi connectivity index (χ3v) is 2.86. The normalized spacial score (nSPS) is 12.2. The Kier molecular flexibility index (Phi) is 18.0. The molecule has 0 unspecified atom stereocenters. The van der Waals surface area contributed by atoms with Crippen LogP contribution in [0.4, 0.5) is 0 Å². The molecule has 0 rings (SSSR count). The van der Waals surface area contributed by atoms with Gasteiger partial charge in [-0.25, -0.2) is 0 Å². The molecule has 0 amide bonds. The zero-order valence-corrected chi connectivity index (χ0v) is 13.2. The first-order valence-electron chi connectivity index (χ1n) is 7.74. The van der Waals surface area contributed by atoms with E-state index in [1.54, 1.807) is 0 Å². The van der Waals surface area contributed by atoms with Crippen LogP contribution in [0.25, 0.3) is 0 Å². The van der Waals surface area contributed by atoms with Crippen molar-refractivity contribution in [3.8, 4) is 0 Å². The SMILES string of the molecule is CC.CCCC[C@@H](CN(CC)CCC)NCC. The van der Waals surface area contributed by atoms with E-state index in [-0.39, 0.29) is 0 Å². The van der Waals surface area contributed by atoms with Gasteiger partial charge in [-0.15, -0.1) is 0 Å². The molecule has 0 aromatic heterocycles. The average Bonchev–Trinajstić information content (AvgIpc) is 2.37. The van der Waals surface area contributed by atoms with E-state index in [1.165, 1.54) is 45.3 Å². The van der Waals surface area contributed by atoms with Crippen molar-refractivity contribution in [3.05, 3.63) is 0 Å². The molecule has 0 aliphatic carbocycles. The lowest BCUT2D eigenvalue weighted by molar-refractivity contribution is 0.246. The van der Waals surface area contributed by atoms with Gasteiger partial charge < -0.3 is 10.2 Å². The minimum absolute atomic E-state index is 0.696. The van der Waals surface area contributed by atoms with Crippen LogP contribution >= 0.6 is 0 Å². The van der Waals surface area contributed by atoms with E-state index in [9.17, 15) is 0 Å². The molecule has 2 heteroatoms. The van der Waals surface area contributed by atoms with E-state index < -0.39 is 0 Å². The monoisotopic (exact) mass is 244 g/mol. The van der Waals surface area contributed by atoms with Crippen LogP contribution in [-0.2, 0) is 0 Å². The van der Waals surface area contributed by atoms with Crippen molar-refractivity contribution in [1.82, 2.24) is 10.2 Å². The Morgan fingerprint density at radius 2 is 1.65 bits per heavy atom. The van der Waals surface area contributed by atoms with Gasteiger partial charge in [0.25, 0.3) is 0 Å². The topological polar surface area (TPSA) is 15.3 Å². The van der Waals surface area contributed by atoms with Gasteiger partial charge in [-0.1, -0.05) is 54.4 Å². The summed E-state index contributed by atoms with van der Waals surface area (Å²) in [5.41, 5.74) is 0. The number of nitrogens with zero attached hydrogens (tertiary/aromatic N) is 1. The van der Waals surface area contributed by atoms with E-state index in [0.29, 0.717) is 6.04 Å². The van der Waals surface area contributed by atoms with Gasteiger partial charge in [0.15, 0.2) is 0 Å². The second-order valence-electron chi connectivity index (χ2n) is 4.29. The molecule has 0 aromatic carbocycles. The van der Waals surface area contributed by atoms with Gasteiger partial charge in [0.05, 0.1) is 0 Å². The van der Waals surface area contributed by atoms with Crippen molar-refractivity contribution in [2.45, 2.75) is 73.3 Å². The number of rotatable bonds is 10. The maximum Gasteiger partial charge on any atom is 0.0194 e. The Bertz CT molecular complexity index is 126. The van der Waals surface area contributed by atoms with Crippen molar-refractivity contribution >= 4 is 0 Å². The summed E-state index contributed by atoms with van der Waals surface area (Å²) in [6.45, 7) is 17.7. The lowest BCUT2D eigenvalue weighted by Crippen LogP contribution is -2.41. The van der Waals surface area contributed by atoms with Crippen LogP contribution in [0.5, 0.6) is 0 Å². The van der Waals surface area contributed by atoms with Crippen molar-refractivity contribution in [1.29, 1.82) is 0 Å². The molecular formula is C15H36N2. The summed E-state index contributed by atoms with van der Waals surface area (Å²) >= 11 is 0. The number of hydrogen-bond donors (Lipinski definition) is 1. The van der Waals surface area contributed by atoms with Crippen molar-refractivity contribution in [2.24, 2.45) is 0 Å². The lowest BCUT2D eigenvalue weighted by atomic mass is 10.1. The largest absolute Gasteiger partial charge is 0.313 e. The Morgan fingerprint density at radius 1 is 1.00 bits per heavy atom. The van der Waals surface area contributed by atoms with E-state index >= 15 is 0 Å². The summed E-state index contributed by atoms with van der Waals surface area (Å²) in [4.78, 5) is 2.56. The highest BCUT2D eigenvalue weighted by atomic mass is 15.1. The summed E-state index contributed by atoms with van der Waals surface area (Å²) in [5.74, 6) is 0. The second-order valence-corrected chi connectivity index (χ2v) is 4.29. The third-order valence-electron chi connectivity index (χ3n) is 2.86. The van der Waals surface area contributed by atoms with Crippen LogP contribution < -0.4 is 5.32 Å². The van der Waals surface area contributed by atoms with E-state index in [4.69, 9.17) is 0 Å². The van der Waals surface area contributed by atoms with Crippen LogP contribution in [0.15, 0.2) is 0 Å². The summed E-state index contributed by atoms with van der Waals surface area (Å²) in [6.07, 6.45) is 5.24. The van der Waals surface area contributed by atoms with Gasteiger partial charge >= 0.3 is 0 Å². The van der Waals surface area contributed by atoms with Gasteiger partial charge in [0.1, 0.15) is 0 Å². The maximum atomic E-state index is 3.60. The van der Waals surface area contributed by atoms with Gasteiger partial charge in [-0.3, -0.25) is 0 Å². The molecular weight excluding hydrogens is 208 g/mol. The molecule has 0 aromatic rings. The first-order chi connectivity index (χ1) is 8.28. The molecule has 0 radical (unpaired) electrons. The zero-order chi connectivity index (χ0) is 13.5. The van der Waals surface area contributed by atoms with Crippen molar-refractivity contribution in [3.63, 3.8) is 0 Å². The van der Waals surface area contributed by atoms with Crippen LogP contribution in [0.3, 0.4) is 0 Å². The Labute approximate surface area is 110 Å². The molecule has 0 heterocycles. The molecule has 0 saturated carbocycles. The van der Waals surface area contributed by atoms with Gasteiger partial charge in [0.2, 0.25) is 0 Å². The first-order valence-corrected chi connectivity index (χ1v) is 7.74. The van der Waals surface area contributed by atoms with Crippen LogP contribution in [0, 0.1) is 0 Å². The van der Waals surface area contributed by atoms with Crippen LogP contribution in [0.1, 0.15) is 67.2 Å². The van der Waals surface area contributed by atoms with Gasteiger partial charge in [-0.05, 0) is 32.5 Å². The number of unbranched alkanes of at least 4 members (excludes halogenated alkanes) is 1. The van der Waals surface area contributed by atoms with Crippen molar-refractivity contribution < 1.29 is 0 Å². The minimum Gasteiger partial charge on any atom is -0.313 e. The molecule has 0 aliphatic heterocycles. The summed E-state index contributed by atoms with van der Waals surface area (Å²) in [6, 6.07) is 0.696. The molecule has 0 fully saturated rings. The quantitative estimate of drug-likeness (QED) is 0.627. The predicted octanol–water partition coefficient (Wildman–Crippen LogP) is 3.91. The number of likely N-dealkylation sites (N-methyl/N-ethyl adjacent to an activating group) is 2. The third kappa shape index (κ3) is 12.2. The Hall–Kier alpha value is -0.0800. The molecule has 0 spiro atoms. The Morgan fingerprint density at radius 3 is 2.06 bits per heavy atom. The van der Waals surface area contributed by atoms with E-state index in [1.807, 2.05) is 13.8 Å². The van der Waals surface area contributed by atoms with Crippen LogP contribution in [-0.4, -0.2) is 37.1 Å². The first kappa shape index (κ1) is 19.3. The molecule has 17 heavy (non-hydrogen) atoms. The summed E-state index contributed by atoms with van der Waals surface area (Å²) < 4.78 is 0. The molecule has 0 saturated heterocycles. The van der Waals surface area contributed by atoms with Crippen LogP contribution in [0.2, 0.25) is 0 Å². The van der Waals surface area contributed by atoms with Crippen molar-refractivity contribution in [2.75, 3.05) is 26.2 Å². The maximum absolute atomic E-state index is 3.60. The fraction of sp³-hybridized carbons (Fsp3) is 1.00. The molecule has 0 bridgehead atoms. The molecule has 1 atom stereocenters. The number of nitrogens with one attached hydrogen (secondary N) is 1. The average molecular weight is 244 g/mol. The predicted molar refractivity (Wildman–Crippen MR) is 80.7 cm³/mol. The smallest absolute Gasteiger partial charge is 0.0194 e. The molecule has 1 N–H and O–H groups in total. The van der Waals surface area contributed by atoms with E-state index in [0.717, 1.165) is 6.54 Å². The number of hydrogen-bond acceptors (Lipinski definition) is 2. The second kappa shape index (κ2) is 15.9. The zero-order valence-electron chi connectivity index (χ0n) is 13.2. The van der Waals surface area contributed by atoms with Gasteiger partial charge in [0, 0.05) is 12.6 Å². The standard InChI is InChI=1S/C13H30N2.C2H6/c1-5-9-10-13(14-7-3)12-15(8-4)11-6-2;1-2/h13-14H,5-12H2,1-4H3;1-2H3/t13-;/m0./s1. The minimum atomic E-state index is 0.696. The summed E-state index contributed by atoms with van der Waals surface area (Å²) in [7, 11) is 0. The molecule has 0 aliphatic rings. The van der Waals surface area contributed by atoms with Gasteiger partial charge in [-0.2, -0.15) is 0 Å². The fourth-order valence-corrected chi connectivity index (χ4v) is 2.00. The molecule has 106 valence electrons. The lowest BCUT2D eigenvalue weighted by Gasteiger charge is -2.26. The highest BCUT2D eigenvalue weighted by molar-refractivity contribution is 4.71. The Balaban J connectivity index is 0. The summed E-state index contributed by atoms with van der Waals surface area (Å²) in [5, 5.41) is 3.60. The highest BCUT2D eigenvalue weighted by Crippen LogP contribution is 2.03. The molecule has 2 nitrogen and oxygen atoms in total. The van der Waals surface area contributed by atoms with E-state index in [2.05, 4.69) is 37.9 Å². The highest BCUT2D eigenvalue weighted by Gasteiger charge is 2.10. The fourth-order valence-electron chi connectivity index (χ4n) is 2.00.